The molecule has 6 heteroatoms. The zero-order valence-corrected chi connectivity index (χ0v) is 14.0. The Morgan fingerprint density at radius 1 is 1.50 bits per heavy atom. The molecule has 1 aromatic rings. The number of aryl methyl sites for hydroxylation is 1. The van der Waals surface area contributed by atoms with Crippen LogP contribution in [0.25, 0.3) is 0 Å². The van der Waals surface area contributed by atoms with Gasteiger partial charge >= 0.3 is 0 Å². The monoisotopic (exact) mass is 308 g/mol. The normalized spacial score (nSPS) is 19.3. The van der Waals surface area contributed by atoms with E-state index in [1.54, 1.807) is 7.11 Å². The van der Waals surface area contributed by atoms with Crippen molar-refractivity contribution in [2.24, 2.45) is 7.05 Å². The zero-order chi connectivity index (χ0) is 15.9. The topological polar surface area (TPSA) is 59.4 Å². The summed E-state index contributed by atoms with van der Waals surface area (Å²) in [5.74, 6) is -0.0343. The third-order valence-corrected chi connectivity index (χ3v) is 4.53. The van der Waals surface area contributed by atoms with Gasteiger partial charge in [-0.1, -0.05) is 6.42 Å². The fourth-order valence-electron chi connectivity index (χ4n) is 3.07. The molecule has 0 spiro atoms. The summed E-state index contributed by atoms with van der Waals surface area (Å²) in [6.45, 7) is 5.06. The van der Waals surface area contributed by atoms with Crippen molar-refractivity contribution < 1.29 is 9.53 Å². The fourth-order valence-corrected chi connectivity index (χ4v) is 3.07. The highest BCUT2D eigenvalue weighted by Crippen LogP contribution is 2.22. The van der Waals surface area contributed by atoms with E-state index in [1.807, 2.05) is 17.9 Å². The number of aromatic nitrogens is 2. The number of amides is 1. The molecule has 1 N–H and O–H groups in total. The van der Waals surface area contributed by atoms with Crippen molar-refractivity contribution in [1.29, 1.82) is 0 Å². The first-order chi connectivity index (χ1) is 10.6. The van der Waals surface area contributed by atoms with Crippen LogP contribution in [0.1, 0.15) is 36.9 Å². The van der Waals surface area contributed by atoms with Crippen molar-refractivity contribution >= 4 is 5.91 Å². The molecule has 0 radical (unpaired) electrons. The van der Waals surface area contributed by atoms with Crippen molar-refractivity contribution in [3.8, 4) is 0 Å². The summed E-state index contributed by atoms with van der Waals surface area (Å²) in [4.78, 5) is 14.0. The maximum absolute atomic E-state index is 11.4. The van der Waals surface area contributed by atoms with E-state index in [0.717, 1.165) is 26.1 Å². The lowest BCUT2D eigenvalue weighted by Crippen LogP contribution is -2.41. The molecule has 0 aromatic carbocycles. The Morgan fingerprint density at radius 3 is 3.00 bits per heavy atom. The molecular weight excluding hydrogens is 280 g/mol. The van der Waals surface area contributed by atoms with E-state index in [0.29, 0.717) is 6.04 Å². The predicted octanol–water partition coefficient (Wildman–Crippen LogP) is 1.24. The van der Waals surface area contributed by atoms with Crippen molar-refractivity contribution in [1.82, 2.24) is 20.0 Å². The average Bonchev–Trinajstić information content (AvgIpc) is 2.81. The second-order valence-electron chi connectivity index (χ2n) is 6.07. The maximum Gasteiger partial charge on any atom is 0.245 e. The van der Waals surface area contributed by atoms with Crippen LogP contribution in [0.5, 0.6) is 0 Å². The van der Waals surface area contributed by atoms with E-state index < -0.39 is 0 Å². The van der Waals surface area contributed by atoms with Gasteiger partial charge in [-0.15, -0.1) is 0 Å². The van der Waals surface area contributed by atoms with Gasteiger partial charge in [0, 0.05) is 44.5 Å². The smallest absolute Gasteiger partial charge is 0.245 e. The first-order valence-corrected chi connectivity index (χ1v) is 8.09. The molecule has 6 nitrogen and oxygen atoms in total. The number of carbonyl (C=O) groups excluding carboxylic acids is 1. The molecule has 1 amide bonds. The molecule has 1 aliphatic heterocycles. The van der Waals surface area contributed by atoms with Crippen molar-refractivity contribution in [3.05, 3.63) is 17.5 Å². The molecular formula is C16H28N4O2. The van der Waals surface area contributed by atoms with Gasteiger partial charge < -0.3 is 10.1 Å². The fraction of sp³-hybridized carbons (Fsp3) is 0.750. The summed E-state index contributed by atoms with van der Waals surface area (Å²) in [6.07, 6.45) is 6.71. The quantitative estimate of drug-likeness (QED) is 0.823. The third-order valence-electron chi connectivity index (χ3n) is 4.53. The summed E-state index contributed by atoms with van der Waals surface area (Å²) in [6, 6.07) is 0.538. The van der Waals surface area contributed by atoms with Crippen LogP contribution in [0, 0.1) is 6.92 Å². The first-order valence-electron chi connectivity index (χ1n) is 8.09. The van der Waals surface area contributed by atoms with E-state index in [4.69, 9.17) is 4.74 Å². The lowest BCUT2D eigenvalue weighted by Gasteiger charge is -2.35. The van der Waals surface area contributed by atoms with Gasteiger partial charge in [-0.25, -0.2) is 0 Å². The molecule has 1 aliphatic rings. The summed E-state index contributed by atoms with van der Waals surface area (Å²) < 4.78 is 6.76. The second kappa shape index (κ2) is 8.29. The van der Waals surface area contributed by atoms with Crippen molar-refractivity contribution in [3.63, 3.8) is 0 Å². The van der Waals surface area contributed by atoms with Gasteiger partial charge in [0.25, 0.3) is 0 Å². The number of nitrogens with one attached hydrogen (secondary N) is 1. The molecule has 124 valence electrons. The molecule has 2 heterocycles. The third kappa shape index (κ3) is 4.55. The molecule has 1 atom stereocenters. The van der Waals surface area contributed by atoms with Crippen molar-refractivity contribution in [2.45, 2.75) is 45.2 Å². The number of ether oxygens (including phenoxy) is 1. The minimum absolute atomic E-state index is 0.0343. The van der Waals surface area contributed by atoms with Gasteiger partial charge in [0.1, 0.15) is 6.61 Å². The number of carbonyl (C=O) groups is 1. The van der Waals surface area contributed by atoms with Gasteiger partial charge in [-0.05, 0) is 32.7 Å². The van der Waals surface area contributed by atoms with E-state index in [1.165, 1.54) is 30.5 Å². The van der Waals surface area contributed by atoms with E-state index >= 15 is 0 Å². The van der Waals surface area contributed by atoms with Gasteiger partial charge in [-0.2, -0.15) is 5.10 Å². The van der Waals surface area contributed by atoms with Crippen LogP contribution in [0.4, 0.5) is 0 Å². The average molecular weight is 308 g/mol. The number of rotatable bonds is 7. The van der Waals surface area contributed by atoms with Crippen LogP contribution in [-0.4, -0.2) is 53.4 Å². The van der Waals surface area contributed by atoms with Crippen LogP contribution >= 0.6 is 0 Å². The molecule has 22 heavy (non-hydrogen) atoms. The van der Waals surface area contributed by atoms with E-state index in [-0.39, 0.29) is 12.5 Å². The number of likely N-dealkylation sites (tertiary alicyclic amines) is 1. The second-order valence-corrected chi connectivity index (χ2v) is 6.07. The summed E-state index contributed by atoms with van der Waals surface area (Å²) >= 11 is 0. The van der Waals surface area contributed by atoms with E-state index in [2.05, 4.69) is 22.2 Å². The van der Waals surface area contributed by atoms with E-state index in [9.17, 15) is 4.79 Å². The van der Waals surface area contributed by atoms with Crippen LogP contribution in [0.15, 0.2) is 6.20 Å². The summed E-state index contributed by atoms with van der Waals surface area (Å²) in [5, 5.41) is 7.26. The van der Waals surface area contributed by atoms with Gasteiger partial charge in [0.2, 0.25) is 5.91 Å². The molecule has 0 saturated carbocycles. The molecule has 1 saturated heterocycles. The Labute approximate surface area is 132 Å². The van der Waals surface area contributed by atoms with Crippen LogP contribution in [0.2, 0.25) is 0 Å². The molecule has 0 aliphatic carbocycles. The lowest BCUT2D eigenvalue weighted by atomic mass is 9.98. The minimum Gasteiger partial charge on any atom is -0.375 e. The molecule has 0 unspecified atom stereocenters. The molecule has 2 rings (SSSR count). The van der Waals surface area contributed by atoms with Crippen LogP contribution < -0.4 is 5.32 Å². The first kappa shape index (κ1) is 17.0. The Kier molecular flexibility index (Phi) is 6.39. The number of hydrogen-bond acceptors (Lipinski definition) is 4. The number of methoxy groups -OCH3 is 1. The zero-order valence-electron chi connectivity index (χ0n) is 14.0. The predicted molar refractivity (Wildman–Crippen MR) is 85.5 cm³/mol. The molecule has 0 bridgehead atoms. The number of hydrogen-bond donors (Lipinski definition) is 1. The summed E-state index contributed by atoms with van der Waals surface area (Å²) in [5.41, 5.74) is 2.54. The SMILES string of the molecule is COCC(=O)NCC[C@@H]1CCCCN1Cc1cnn(C)c1C. The van der Waals surface area contributed by atoms with Gasteiger partial charge in [0.05, 0.1) is 6.20 Å². The maximum atomic E-state index is 11.4. The van der Waals surface area contributed by atoms with Crippen LogP contribution in [-0.2, 0) is 23.1 Å². The Bertz CT molecular complexity index is 486. The van der Waals surface area contributed by atoms with Crippen LogP contribution in [0.3, 0.4) is 0 Å². The molecule has 1 fully saturated rings. The standard InChI is InChI=1S/C16H28N4O2/c1-13-14(10-18-19(13)2)11-20-9-5-4-6-15(20)7-8-17-16(21)12-22-3/h10,15H,4-9,11-12H2,1-3H3,(H,17,21)/t15-/m0/s1. The lowest BCUT2D eigenvalue weighted by molar-refractivity contribution is -0.124. The highest BCUT2D eigenvalue weighted by atomic mass is 16.5. The van der Waals surface area contributed by atoms with Crippen molar-refractivity contribution in [2.75, 3.05) is 26.8 Å². The van der Waals surface area contributed by atoms with Gasteiger partial charge in [-0.3, -0.25) is 14.4 Å². The highest BCUT2D eigenvalue weighted by Gasteiger charge is 2.23. The number of nitrogens with zero attached hydrogens (tertiary/aromatic N) is 3. The summed E-state index contributed by atoms with van der Waals surface area (Å²) in [7, 11) is 3.52. The Balaban J connectivity index is 1.85. The molecule has 1 aromatic heterocycles. The Hall–Kier alpha value is -1.40. The highest BCUT2D eigenvalue weighted by molar-refractivity contribution is 5.77. The van der Waals surface area contributed by atoms with Gasteiger partial charge in [0.15, 0.2) is 0 Å². The largest absolute Gasteiger partial charge is 0.375 e. The number of piperidine rings is 1. The minimum atomic E-state index is -0.0343. The Morgan fingerprint density at radius 2 is 2.32 bits per heavy atom.